The zero-order valence-electron chi connectivity index (χ0n) is 16.7. The highest BCUT2D eigenvalue weighted by atomic mass is 35.5. The van der Waals surface area contributed by atoms with E-state index in [1.165, 1.54) is 16.8 Å². The minimum atomic E-state index is -0.351. The smallest absolute Gasteiger partial charge is 0.260 e. The molecule has 1 heterocycles. The Morgan fingerprint density at radius 1 is 1.17 bits per heavy atom. The molecule has 3 aromatic rings. The first-order valence-corrected chi connectivity index (χ1v) is 9.94. The van der Waals surface area contributed by atoms with Crippen LogP contribution >= 0.6 is 11.6 Å². The summed E-state index contributed by atoms with van der Waals surface area (Å²) in [5.74, 6) is -0.683. The topological polar surface area (TPSA) is 50.2 Å². The standard InChI is InChI=1S/C22H24ClFN4O/c1-4-27(5-2)14-16-7-6-8-18(13-16)25-22(29)20-15(3)26-28(21(20)23)19-11-9-17(24)10-12-19/h6-13H,4-5,14H2,1-3H3,(H,25,29). The first kappa shape index (κ1) is 21.0. The number of anilines is 1. The van der Waals surface area contributed by atoms with Crippen molar-refractivity contribution in [1.82, 2.24) is 14.7 Å². The van der Waals surface area contributed by atoms with Gasteiger partial charge in [-0.15, -0.1) is 0 Å². The molecule has 1 aromatic heterocycles. The van der Waals surface area contributed by atoms with Gasteiger partial charge in [-0.3, -0.25) is 9.69 Å². The highest BCUT2D eigenvalue weighted by Gasteiger charge is 2.21. The van der Waals surface area contributed by atoms with E-state index in [2.05, 4.69) is 29.2 Å². The molecule has 29 heavy (non-hydrogen) atoms. The summed E-state index contributed by atoms with van der Waals surface area (Å²) in [6.07, 6.45) is 0. The van der Waals surface area contributed by atoms with Gasteiger partial charge in [0.2, 0.25) is 0 Å². The maximum atomic E-state index is 13.2. The van der Waals surface area contributed by atoms with E-state index in [1.807, 2.05) is 24.3 Å². The molecule has 0 fully saturated rings. The number of nitrogens with one attached hydrogen (secondary N) is 1. The van der Waals surface area contributed by atoms with E-state index in [0.29, 0.717) is 22.6 Å². The third kappa shape index (κ3) is 4.83. The Bertz CT molecular complexity index is 997. The summed E-state index contributed by atoms with van der Waals surface area (Å²) in [6, 6.07) is 13.5. The predicted octanol–water partition coefficient (Wildman–Crippen LogP) is 5.07. The summed E-state index contributed by atoms with van der Waals surface area (Å²) >= 11 is 6.44. The Balaban J connectivity index is 1.82. The predicted molar refractivity (Wildman–Crippen MR) is 114 cm³/mol. The number of hydrogen-bond donors (Lipinski definition) is 1. The van der Waals surface area contributed by atoms with E-state index in [9.17, 15) is 9.18 Å². The molecule has 0 aliphatic heterocycles. The fourth-order valence-corrected chi connectivity index (χ4v) is 3.51. The zero-order chi connectivity index (χ0) is 21.0. The number of carbonyl (C=O) groups excluding carboxylic acids is 1. The Labute approximate surface area is 175 Å². The number of halogens is 2. The van der Waals surface area contributed by atoms with Crippen LogP contribution in [0.2, 0.25) is 5.15 Å². The number of nitrogens with zero attached hydrogens (tertiary/aromatic N) is 3. The molecule has 0 unspecified atom stereocenters. The van der Waals surface area contributed by atoms with Gasteiger partial charge in [0.25, 0.3) is 5.91 Å². The SMILES string of the molecule is CCN(CC)Cc1cccc(NC(=O)c2c(C)nn(-c3ccc(F)cc3)c2Cl)c1. The van der Waals surface area contributed by atoms with Crippen LogP contribution in [0.15, 0.2) is 48.5 Å². The normalized spacial score (nSPS) is 11.1. The highest BCUT2D eigenvalue weighted by molar-refractivity contribution is 6.34. The van der Waals surface area contributed by atoms with E-state index < -0.39 is 0 Å². The van der Waals surface area contributed by atoms with E-state index in [4.69, 9.17) is 11.6 Å². The van der Waals surface area contributed by atoms with Crippen LogP contribution in [-0.2, 0) is 6.54 Å². The second kappa shape index (κ2) is 9.20. The lowest BCUT2D eigenvalue weighted by molar-refractivity contribution is 0.102. The van der Waals surface area contributed by atoms with E-state index >= 15 is 0 Å². The molecule has 0 saturated heterocycles. The van der Waals surface area contributed by atoms with Gasteiger partial charge in [-0.05, 0) is 62.0 Å². The number of hydrogen-bond acceptors (Lipinski definition) is 3. The molecule has 152 valence electrons. The third-order valence-electron chi connectivity index (χ3n) is 4.79. The molecule has 5 nitrogen and oxygen atoms in total. The largest absolute Gasteiger partial charge is 0.322 e. The van der Waals surface area contributed by atoms with Crippen LogP contribution in [0.5, 0.6) is 0 Å². The van der Waals surface area contributed by atoms with Gasteiger partial charge in [0.1, 0.15) is 16.5 Å². The maximum Gasteiger partial charge on any atom is 0.260 e. The number of benzene rings is 2. The molecule has 2 aromatic carbocycles. The monoisotopic (exact) mass is 414 g/mol. The van der Waals surface area contributed by atoms with E-state index in [1.54, 1.807) is 19.1 Å². The summed E-state index contributed by atoms with van der Waals surface area (Å²) in [6.45, 7) is 8.71. The molecule has 7 heteroatoms. The molecule has 1 amide bonds. The number of aromatic nitrogens is 2. The van der Waals surface area contributed by atoms with Gasteiger partial charge in [0.05, 0.1) is 11.4 Å². The van der Waals surface area contributed by atoms with Crippen molar-refractivity contribution in [2.75, 3.05) is 18.4 Å². The van der Waals surface area contributed by atoms with E-state index in [0.717, 1.165) is 25.2 Å². The van der Waals surface area contributed by atoms with Crippen molar-refractivity contribution in [3.63, 3.8) is 0 Å². The van der Waals surface area contributed by atoms with Crippen LogP contribution in [-0.4, -0.2) is 33.7 Å². The van der Waals surface area contributed by atoms with Crippen LogP contribution in [0.3, 0.4) is 0 Å². The molecule has 0 bridgehead atoms. The van der Waals surface area contributed by atoms with Gasteiger partial charge in [-0.1, -0.05) is 37.6 Å². The van der Waals surface area contributed by atoms with Crippen molar-refractivity contribution in [3.8, 4) is 5.69 Å². The molecular formula is C22H24ClFN4O. The van der Waals surface area contributed by atoms with Gasteiger partial charge in [-0.2, -0.15) is 5.10 Å². The summed E-state index contributed by atoms with van der Waals surface area (Å²) in [4.78, 5) is 15.2. The second-order valence-electron chi connectivity index (χ2n) is 6.76. The first-order chi connectivity index (χ1) is 13.9. The van der Waals surface area contributed by atoms with Crippen LogP contribution in [0.1, 0.15) is 35.5 Å². The molecule has 0 spiro atoms. The van der Waals surface area contributed by atoms with Crippen molar-refractivity contribution in [2.24, 2.45) is 0 Å². The summed E-state index contributed by atoms with van der Waals surface area (Å²) < 4.78 is 14.6. The maximum absolute atomic E-state index is 13.2. The van der Waals surface area contributed by atoms with Crippen molar-refractivity contribution < 1.29 is 9.18 Å². The third-order valence-corrected chi connectivity index (χ3v) is 5.14. The minimum Gasteiger partial charge on any atom is -0.322 e. The molecule has 3 rings (SSSR count). The fourth-order valence-electron chi connectivity index (χ4n) is 3.16. The van der Waals surface area contributed by atoms with Crippen molar-refractivity contribution >= 4 is 23.2 Å². The molecule has 0 radical (unpaired) electrons. The van der Waals surface area contributed by atoms with Crippen LogP contribution in [0.25, 0.3) is 5.69 Å². The lowest BCUT2D eigenvalue weighted by Crippen LogP contribution is -2.22. The summed E-state index contributed by atoms with van der Waals surface area (Å²) in [5.41, 5.74) is 3.20. The average Bonchev–Trinajstić information content (AvgIpc) is 3.01. The Hall–Kier alpha value is -2.70. The number of carbonyl (C=O) groups is 1. The van der Waals surface area contributed by atoms with Gasteiger partial charge >= 0.3 is 0 Å². The molecule has 0 saturated carbocycles. The quantitative estimate of drug-likeness (QED) is 0.587. The number of rotatable bonds is 7. The lowest BCUT2D eigenvalue weighted by Gasteiger charge is -2.18. The zero-order valence-corrected chi connectivity index (χ0v) is 17.5. The molecule has 0 aliphatic rings. The summed E-state index contributed by atoms with van der Waals surface area (Å²) in [5, 5.41) is 7.44. The van der Waals surface area contributed by atoms with Gasteiger partial charge in [0, 0.05) is 12.2 Å². The molecule has 0 atom stereocenters. The van der Waals surface area contributed by atoms with Gasteiger partial charge in [-0.25, -0.2) is 9.07 Å². The first-order valence-electron chi connectivity index (χ1n) is 9.56. The highest BCUT2D eigenvalue weighted by Crippen LogP contribution is 2.25. The Morgan fingerprint density at radius 3 is 2.52 bits per heavy atom. The van der Waals surface area contributed by atoms with Gasteiger partial charge in [0.15, 0.2) is 0 Å². The van der Waals surface area contributed by atoms with Crippen LogP contribution in [0.4, 0.5) is 10.1 Å². The number of amides is 1. The molecular weight excluding hydrogens is 391 g/mol. The number of aryl methyl sites for hydroxylation is 1. The summed E-state index contributed by atoms with van der Waals surface area (Å²) in [7, 11) is 0. The van der Waals surface area contributed by atoms with Crippen molar-refractivity contribution in [3.05, 3.63) is 76.3 Å². The lowest BCUT2D eigenvalue weighted by atomic mass is 10.1. The fraction of sp³-hybridized carbons (Fsp3) is 0.273. The molecule has 0 aliphatic carbocycles. The van der Waals surface area contributed by atoms with Crippen LogP contribution in [0, 0.1) is 12.7 Å². The minimum absolute atomic E-state index is 0.186. The van der Waals surface area contributed by atoms with E-state index in [-0.39, 0.29) is 16.9 Å². The average molecular weight is 415 g/mol. The Kier molecular flexibility index (Phi) is 6.67. The second-order valence-corrected chi connectivity index (χ2v) is 7.11. The van der Waals surface area contributed by atoms with Crippen LogP contribution < -0.4 is 5.32 Å². The van der Waals surface area contributed by atoms with Gasteiger partial charge < -0.3 is 5.32 Å². The van der Waals surface area contributed by atoms with Crippen molar-refractivity contribution in [2.45, 2.75) is 27.3 Å². The molecule has 1 N–H and O–H groups in total. The Morgan fingerprint density at radius 2 is 1.86 bits per heavy atom. The van der Waals surface area contributed by atoms with Crippen molar-refractivity contribution in [1.29, 1.82) is 0 Å².